The molecule has 0 atom stereocenters. The molecule has 39 rings (SSSR count). The zero-order valence-electron chi connectivity index (χ0n) is 80.5. The monoisotopic (exact) mass is 1850 g/mol. The molecule has 6 nitrogen and oxygen atoms in total. The molecular weight excluding hydrogens is 1750 g/mol. The highest BCUT2D eigenvalue weighted by Gasteiger charge is 2.65. The molecule has 6 aromatic heterocycles. The van der Waals surface area contributed by atoms with Crippen molar-refractivity contribution in [3.63, 3.8) is 0 Å². The first-order chi connectivity index (χ1) is 71.3. The van der Waals surface area contributed by atoms with Crippen molar-refractivity contribution in [3.05, 3.63) is 416 Å². The van der Waals surface area contributed by atoms with Crippen LogP contribution in [-0.2, 0) is 16.2 Å². The van der Waals surface area contributed by atoms with Gasteiger partial charge in [-0.1, -0.05) is 261 Å². The normalized spacial score (nSPS) is 25.2. The zero-order valence-corrected chi connectivity index (χ0v) is 80.5. The Morgan fingerprint density at radius 2 is 0.493 bits per heavy atom. The molecule has 6 heteroatoms. The quantitative estimate of drug-likeness (QED) is 0.167. The second-order valence-corrected chi connectivity index (χ2v) is 45.9. The highest BCUT2D eigenvalue weighted by atomic mass is 16.3. The molecule has 6 heterocycles. The van der Waals surface area contributed by atoms with E-state index in [1.807, 2.05) is 12.1 Å². The molecule has 15 aliphatic rings. The molecule has 0 unspecified atom stereocenters. The highest BCUT2D eigenvalue weighted by Crippen LogP contribution is 2.74. The van der Waals surface area contributed by atoms with Crippen LogP contribution in [0.2, 0.25) is 0 Å². The van der Waals surface area contributed by atoms with E-state index in [1.165, 1.54) is 278 Å². The van der Waals surface area contributed by atoms with Gasteiger partial charge in [0.05, 0.1) is 33.1 Å². The van der Waals surface area contributed by atoms with Crippen LogP contribution >= 0.6 is 0 Å². The summed E-state index contributed by atoms with van der Waals surface area (Å²) in [4.78, 5) is 0. The van der Waals surface area contributed by atoms with Crippen molar-refractivity contribution >= 4 is 131 Å². The summed E-state index contributed by atoms with van der Waals surface area (Å²) in [5, 5.41) is 14.8. The summed E-state index contributed by atoms with van der Waals surface area (Å²) in [7, 11) is 0. The molecule has 12 fully saturated rings. The Kier molecular flexibility index (Phi) is 16.5. The van der Waals surface area contributed by atoms with E-state index in [9.17, 15) is 0 Å². The lowest BCUT2D eigenvalue weighted by atomic mass is 9.43. The van der Waals surface area contributed by atoms with Crippen LogP contribution in [0, 0.1) is 71.0 Å². The van der Waals surface area contributed by atoms with Gasteiger partial charge in [-0.2, -0.15) is 0 Å². The molecule has 690 valence electrons. The van der Waals surface area contributed by atoms with Gasteiger partial charge in [0.1, 0.15) is 33.5 Å². The van der Waals surface area contributed by atoms with Crippen molar-refractivity contribution in [2.24, 2.45) is 71.0 Å². The third kappa shape index (κ3) is 10.8. The predicted molar refractivity (Wildman–Crippen MR) is 590 cm³/mol. The second-order valence-electron chi connectivity index (χ2n) is 45.9. The van der Waals surface area contributed by atoms with Crippen LogP contribution in [0.15, 0.2) is 395 Å². The number of furan rings is 3. The Bertz CT molecular complexity index is 9620. The summed E-state index contributed by atoms with van der Waals surface area (Å²) in [6.45, 7) is 0. The Labute approximate surface area is 835 Å². The van der Waals surface area contributed by atoms with Gasteiger partial charge in [0.2, 0.25) is 0 Å². The van der Waals surface area contributed by atoms with Crippen molar-refractivity contribution < 1.29 is 13.3 Å². The fourth-order valence-corrected chi connectivity index (χ4v) is 35.1. The summed E-state index contributed by atoms with van der Waals surface area (Å²) in [6.07, 6.45) is 21.3. The molecule has 15 aliphatic carbocycles. The first kappa shape index (κ1) is 80.3. The molecule has 3 spiro atoms. The van der Waals surface area contributed by atoms with Crippen molar-refractivity contribution in [2.75, 3.05) is 0 Å². The Hall–Kier alpha value is -15.2. The van der Waals surface area contributed by atoms with E-state index in [1.54, 1.807) is 33.4 Å². The molecule has 24 aromatic rings. The van der Waals surface area contributed by atoms with Gasteiger partial charge in [-0.3, -0.25) is 0 Å². The van der Waals surface area contributed by atoms with E-state index in [0.29, 0.717) is 0 Å². The average molecular weight is 1850 g/mol. The van der Waals surface area contributed by atoms with Crippen molar-refractivity contribution in [1.29, 1.82) is 0 Å². The van der Waals surface area contributed by atoms with Gasteiger partial charge < -0.3 is 27.0 Å². The molecule has 12 bridgehead atoms. The van der Waals surface area contributed by atoms with Crippen molar-refractivity contribution in [2.45, 2.75) is 113 Å². The summed E-state index contributed by atoms with van der Waals surface area (Å²) < 4.78 is 26.5. The van der Waals surface area contributed by atoms with Crippen LogP contribution in [0.5, 0.6) is 0 Å². The lowest BCUT2D eigenvalue weighted by Crippen LogP contribution is -2.55. The third-order valence-electron chi connectivity index (χ3n) is 39.5. The maximum absolute atomic E-state index is 6.35. The number of hydrogen-bond donors (Lipinski definition) is 0. The van der Waals surface area contributed by atoms with Crippen LogP contribution in [0.25, 0.3) is 215 Å². The van der Waals surface area contributed by atoms with Crippen LogP contribution in [-0.4, -0.2) is 13.7 Å². The van der Waals surface area contributed by atoms with E-state index < -0.39 is 0 Å². The van der Waals surface area contributed by atoms with Gasteiger partial charge in [0.25, 0.3) is 0 Å². The minimum absolute atomic E-state index is 0.150. The maximum Gasteiger partial charge on any atom is 0.136 e. The molecule has 0 aliphatic heterocycles. The number of hydrogen-bond acceptors (Lipinski definition) is 3. The summed E-state index contributed by atoms with van der Waals surface area (Å²) in [5.41, 5.74) is 43.4. The summed E-state index contributed by atoms with van der Waals surface area (Å²) >= 11 is 0. The molecule has 0 saturated heterocycles. The third-order valence-corrected chi connectivity index (χ3v) is 39.5. The second kappa shape index (κ2) is 29.5. The minimum Gasteiger partial charge on any atom is -0.456 e. The molecule has 144 heavy (non-hydrogen) atoms. The number of aromatic nitrogens is 3. The van der Waals surface area contributed by atoms with Gasteiger partial charge in [-0.15, -0.1) is 0 Å². The first-order valence-electron chi connectivity index (χ1n) is 53.8. The number of para-hydroxylation sites is 6. The maximum atomic E-state index is 6.35. The highest BCUT2D eigenvalue weighted by molar-refractivity contribution is 6.22. The average Bonchev–Trinajstić information content (AvgIpc) is 1.50. The van der Waals surface area contributed by atoms with E-state index >= 15 is 0 Å². The zero-order chi connectivity index (χ0) is 93.4. The number of benzene rings is 18. The van der Waals surface area contributed by atoms with Gasteiger partial charge in [0, 0.05) is 97.9 Å². The number of rotatable bonds is 6. The lowest BCUT2D eigenvalue weighted by Gasteiger charge is -2.61. The Balaban J connectivity index is 0.0000000932. The van der Waals surface area contributed by atoms with E-state index in [-0.39, 0.29) is 16.2 Å². The van der Waals surface area contributed by atoms with Crippen LogP contribution in [0.4, 0.5) is 0 Å². The number of fused-ring (bicyclic) bond motifs is 27. The van der Waals surface area contributed by atoms with Crippen LogP contribution in [0.3, 0.4) is 0 Å². The van der Waals surface area contributed by atoms with Crippen molar-refractivity contribution in [3.8, 4) is 83.8 Å². The molecule has 12 saturated carbocycles. The van der Waals surface area contributed by atoms with Gasteiger partial charge in [-0.05, 0) is 389 Å². The van der Waals surface area contributed by atoms with Crippen molar-refractivity contribution in [1.82, 2.24) is 13.7 Å². The molecule has 0 radical (unpaired) electrons. The van der Waals surface area contributed by atoms with Crippen LogP contribution < -0.4 is 0 Å². The van der Waals surface area contributed by atoms with E-state index in [4.69, 9.17) is 13.3 Å². The standard InChI is InChI=1S/3C46H35NO/c1-4-14-38-32(9-1)33-20-19-31(26-39(33)46(38)29-22-27-21-28(24-29)25-30(46)23-27)47-40-15-5-2-10-36(40)44-34(12-7-16-41(44)47)35-13-8-18-43-45(35)37-11-3-6-17-42(37)48-43;1-4-12-39-34(8-1)35-18-17-32(26-40(35)46(39)30-21-27-20-28(23-30)24-31(46)22-27)47-41-13-5-2-10-37(41)45-33(11-7-14-42(45)47)29-16-19-44-38(25-29)36-9-3-6-15-43(36)48-44;1-4-10-40-34(7-1)39-26-33(15-18-41(39)46(40)31-20-27-19-28(22-31)23-32(46)21-27)47-42-11-5-2-8-35(42)36-16-13-29(24-43(36)47)30-14-17-38-37-9-3-6-12-44(37)48-45(38)25-30/h1-20,26-30H,21-25H2;1-19,25-28,30-31H,20-24H2;1-18,24-28,31-32H,19-23H2. The first-order valence-corrected chi connectivity index (χ1v) is 53.8. The van der Waals surface area contributed by atoms with Crippen LogP contribution in [0.1, 0.15) is 130 Å². The summed E-state index contributed by atoms with van der Waals surface area (Å²) in [6, 6.07) is 144. The molecule has 0 N–H and O–H groups in total. The summed E-state index contributed by atoms with van der Waals surface area (Å²) in [5.74, 6) is 10.2. The fraction of sp³-hybridized carbons (Fsp3) is 0.217. The molecule has 18 aromatic carbocycles. The number of nitrogens with zero attached hydrogens (tertiary/aromatic N) is 3. The largest absolute Gasteiger partial charge is 0.456 e. The topological polar surface area (TPSA) is 54.2 Å². The smallest absolute Gasteiger partial charge is 0.136 e. The van der Waals surface area contributed by atoms with Gasteiger partial charge >= 0.3 is 0 Å². The Morgan fingerprint density at radius 1 is 0.167 bits per heavy atom. The molecular formula is C138H105N3O3. The fourth-order valence-electron chi connectivity index (χ4n) is 35.1. The van der Waals surface area contributed by atoms with E-state index in [2.05, 4.69) is 384 Å². The van der Waals surface area contributed by atoms with E-state index in [0.717, 1.165) is 105 Å². The lowest BCUT2D eigenvalue weighted by molar-refractivity contribution is -0.0399. The predicted octanol–water partition coefficient (Wildman–Crippen LogP) is 36.2. The SMILES string of the molecule is c1ccc2c(c1)-c1cc(-n3c4ccccc4c4ccc(-c5ccc6c(c5)oc5ccccc56)cc43)ccc1C21C2CC3CC(C2)CC1C3.c1ccc2c(c1)-c1ccc(-n3c4ccccc4c4c(-c5ccc6oc7ccccc7c6c5)cccc43)cc1C21C2CC3CC(C2)CC1C3.c1ccc2c(c1)-c1ccc(-n3c4ccccc4c4c(-c5cccc6oc7ccccc7c56)cccc43)cc1C21C2CC3CC(C2)CC1C3. The Morgan fingerprint density at radius 3 is 1.04 bits per heavy atom. The van der Waals surface area contributed by atoms with Gasteiger partial charge in [0.15, 0.2) is 0 Å². The minimum atomic E-state index is 0.150. The molecule has 0 amide bonds. The van der Waals surface area contributed by atoms with Gasteiger partial charge in [-0.25, -0.2) is 0 Å².